The van der Waals surface area contributed by atoms with Gasteiger partial charge in [0, 0.05) is 0 Å². The SMILES string of the molecule is [B]c1ccc2c(=O)[nH]c(C3CCCN3C)nc2c1. The van der Waals surface area contributed by atoms with Gasteiger partial charge in [0.05, 0.1) is 16.9 Å². The van der Waals surface area contributed by atoms with Crippen LogP contribution in [0.4, 0.5) is 0 Å². The van der Waals surface area contributed by atoms with Gasteiger partial charge < -0.3 is 4.98 Å². The van der Waals surface area contributed by atoms with E-state index in [1.807, 2.05) is 0 Å². The number of rotatable bonds is 1. The fourth-order valence-electron chi connectivity index (χ4n) is 2.59. The van der Waals surface area contributed by atoms with Gasteiger partial charge in [0.15, 0.2) is 0 Å². The lowest BCUT2D eigenvalue weighted by Crippen LogP contribution is -2.23. The van der Waals surface area contributed by atoms with Gasteiger partial charge in [0.25, 0.3) is 5.56 Å². The molecule has 1 atom stereocenters. The minimum atomic E-state index is -0.0877. The summed E-state index contributed by atoms with van der Waals surface area (Å²) in [6, 6.07) is 5.41. The monoisotopic (exact) mass is 239 g/mol. The van der Waals surface area contributed by atoms with Crippen molar-refractivity contribution in [2.24, 2.45) is 0 Å². The van der Waals surface area contributed by atoms with Crippen molar-refractivity contribution in [2.75, 3.05) is 13.6 Å². The van der Waals surface area contributed by atoms with E-state index in [1.54, 1.807) is 18.2 Å². The van der Waals surface area contributed by atoms with E-state index in [1.165, 1.54) is 0 Å². The average molecular weight is 239 g/mol. The summed E-state index contributed by atoms with van der Waals surface area (Å²) in [7, 11) is 7.80. The highest BCUT2D eigenvalue weighted by Gasteiger charge is 2.25. The number of H-pyrrole nitrogens is 1. The van der Waals surface area contributed by atoms with Gasteiger partial charge in [-0.05, 0) is 38.6 Å². The Balaban J connectivity index is 2.17. The Hall–Kier alpha value is -1.62. The molecule has 18 heavy (non-hydrogen) atoms. The summed E-state index contributed by atoms with van der Waals surface area (Å²) in [4.78, 5) is 21.7. The maximum absolute atomic E-state index is 12.0. The van der Waals surface area contributed by atoms with Gasteiger partial charge in [-0.2, -0.15) is 0 Å². The molecule has 4 nitrogen and oxygen atoms in total. The van der Waals surface area contributed by atoms with E-state index < -0.39 is 0 Å². The van der Waals surface area contributed by atoms with Crippen LogP contribution in [0.2, 0.25) is 0 Å². The first-order valence-corrected chi connectivity index (χ1v) is 6.15. The molecule has 0 bridgehead atoms. The Morgan fingerprint density at radius 3 is 3.06 bits per heavy atom. The lowest BCUT2D eigenvalue weighted by atomic mass is 9.95. The third kappa shape index (κ3) is 1.84. The van der Waals surface area contributed by atoms with Crippen molar-refractivity contribution in [3.63, 3.8) is 0 Å². The average Bonchev–Trinajstić information content (AvgIpc) is 2.74. The molecule has 3 rings (SSSR count). The van der Waals surface area contributed by atoms with Gasteiger partial charge in [-0.15, -0.1) is 0 Å². The first kappa shape index (κ1) is 11.5. The molecule has 1 saturated heterocycles. The fraction of sp³-hybridized carbons (Fsp3) is 0.385. The number of benzene rings is 1. The minimum Gasteiger partial charge on any atom is -0.309 e. The highest BCUT2D eigenvalue weighted by molar-refractivity contribution is 6.33. The molecule has 0 aliphatic carbocycles. The van der Waals surface area contributed by atoms with E-state index in [9.17, 15) is 4.79 Å². The second kappa shape index (κ2) is 4.25. The first-order valence-electron chi connectivity index (χ1n) is 6.15. The Morgan fingerprint density at radius 1 is 1.50 bits per heavy atom. The Bertz CT molecular complexity index is 652. The maximum atomic E-state index is 12.0. The normalized spacial score (nSPS) is 20.6. The summed E-state index contributed by atoms with van der Waals surface area (Å²) < 4.78 is 0. The molecule has 1 unspecified atom stereocenters. The molecule has 2 radical (unpaired) electrons. The third-order valence-electron chi connectivity index (χ3n) is 3.58. The van der Waals surface area contributed by atoms with Crippen molar-refractivity contribution in [1.82, 2.24) is 14.9 Å². The molecule has 0 amide bonds. The van der Waals surface area contributed by atoms with Crippen molar-refractivity contribution in [2.45, 2.75) is 18.9 Å². The number of likely N-dealkylation sites (tertiary alicyclic amines) is 1. The molecular weight excluding hydrogens is 225 g/mol. The van der Waals surface area contributed by atoms with Crippen LogP contribution in [0.25, 0.3) is 10.9 Å². The van der Waals surface area contributed by atoms with Gasteiger partial charge in [0.1, 0.15) is 13.7 Å². The van der Waals surface area contributed by atoms with E-state index in [2.05, 4.69) is 21.9 Å². The quantitative estimate of drug-likeness (QED) is 0.736. The molecule has 1 fully saturated rings. The van der Waals surface area contributed by atoms with Crippen LogP contribution < -0.4 is 11.0 Å². The molecule has 1 aromatic carbocycles. The van der Waals surface area contributed by atoms with Crippen molar-refractivity contribution in [1.29, 1.82) is 0 Å². The maximum Gasteiger partial charge on any atom is 0.258 e. The number of aromatic nitrogens is 2. The Labute approximate surface area is 106 Å². The molecule has 90 valence electrons. The fourth-order valence-corrected chi connectivity index (χ4v) is 2.59. The summed E-state index contributed by atoms with van der Waals surface area (Å²) in [5.41, 5.74) is 1.22. The predicted octanol–water partition coefficient (Wildman–Crippen LogP) is 0.484. The molecule has 0 saturated carbocycles. The number of fused-ring (bicyclic) bond motifs is 1. The molecule has 1 N–H and O–H groups in total. The van der Waals surface area contributed by atoms with Crippen LogP contribution in [0, 0.1) is 0 Å². The largest absolute Gasteiger partial charge is 0.309 e. The molecule has 2 aromatic rings. The summed E-state index contributed by atoms with van der Waals surface area (Å²) >= 11 is 0. The Morgan fingerprint density at radius 2 is 2.33 bits per heavy atom. The van der Waals surface area contributed by atoms with E-state index in [-0.39, 0.29) is 11.6 Å². The minimum absolute atomic E-state index is 0.0877. The van der Waals surface area contributed by atoms with Crippen LogP contribution in [-0.4, -0.2) is 36.3 Å². The summed E-state index contributed by atoms with van der Waals surface area (Å²) in [5, 5.41) is 0.591. The molecule has 1 aliphatic rings. The van der Waals surface area contributed by atoms with Gasteiger partial charge in [-0.25, -0.2) is 4.98 Å². The van der Waals surface area contributed by atoms with Crippen molar-refractivity contribution in [3.05, 3.63) is 34.4 Å². The van der Waals surface area contributed by atoms with Gasteiger partial charge in [-0.1, -0.05) is 11.5 Å². The summed E-state index contributed by atoms with van der Waals surface area (Å²) in [6.07, 6.45) is 2.17. The lowest BCUT2D eigenvalue weighted by Gasteiger charge is -2.18. The van der Waals surface area contributed by atoms with Crippen LogP contribution in [0.1, 0.15) is 24.7 Å². The molecule has 5 heteroatoms. The van der Waals surface area contributed by atoms with E-state index >= 15 is 0 Å². The number of aromatic amines is 1. The molecule has 1 aliphatic heterocycles. The molecule has 0 spiro atoms. The highest BCUT2D eigenvalue weighted by Crippen LogP contribution is 2.27. The number of hydrogen-bond acceptors (Lipinski definition) is 3. The van der Waals surface area contributed by atoms with E-state index in [0.29, 0.717) is 16.4 Å². The van der Waals surface area contributed by atoms with Crippen LogP contribution >= 0.6 is 0 Å². The smallest absolute Gasteiger partial charge is 0.258 e. The van der Waals surface area contributed by atoms with Crippen LogP contribution in [-0.2, 0) is 0 Å². The van der Waals surface area contributed by atoms with E-state index in [4.69, 9.17) is 7.85 Å². The number of nitrogens with zero attached hydrogens (tertiary/aromatic N) is 2. The zero-order valence-corrected chi connectivity index (χ0v) is 10.3. The topological polar surface area (TPSA) is 49.0 Å². The highest BCUT2D eigenvalue weighted by atomic mass is 16.1. The van der Waals surface area contributed by atoms with Crippen molar-refractivity contribution < 1.29 is 0 Å². The third-order valence-corrected chi connectivity index (χ3v) is 3.58. The van der Waals surface area contributed by atoms with Crippen molar-refractivity contribution in [3.8, 4) is 0 Å². The second-order valence-electron chi connectivity index (χ2n) is 4.87. The van der Waals surface area contributed by atoms with Gasteiger partial charge >= 0.3 is 0 Å². The van der Waals surface area contributed by atoms with E-state index in [0.717, 1.165) is 25.2 Å². The molecule has 2 heterocycles. The zero-order chi connectivity index (χ0) is 12.7. The predicted molar refractivity (Wildman–Crippen MR) is 72.4 cm³/mol. The van der Waals surface area contributed by atoms with Gasteiger partial charge in [0.2, 0.25) is 0 Å². The summed E-state index contributed by atoms with van der Waals surface area (Å²) in [6.45, 7) is 1.04. The molecule has 1 aromatic heterocycles. The second-order valence-corrected chi connectivity index (χ2v) is 4.87. The Kier molecular flexibility index (Phi) is 2.71. The summed E-state index contributed by atoms with van der Waals surface area (Å²) in [5.74, 6) is 0.748. The molecular formula is C13H14BN3O. The van der Waals surface area contributed by atoms with Crippen molar-refractivity contribution >= 4 is 24.2 Å². The standard InChI is InChI=1S/C13H14BN3O/c1-17-6-2-3-11(17)12-15-10-7-8(14)4-5-9(10)13(18)16-12/h4-5,7,11H,2-3,6H2,1H3,(H,15,16,18). The van der Waals surface area contributed by atoms with Crippen LogP contribution in [0.15, 0.2) is 23.0 Å². The first-order chi connectivity index (χ1) is 8.65. The lowest BCUT2D eigenvalue weighted by molar-refractivity contribution is 0.306. The van der Waals surface area contributed by atoms with Crippen LogP contribution in [0.5, 0.6) is 0 Å². The van der Waals surface area contributed by atoms with Crippen LogP contribution in [0.3, 0.4) is 0 Å². The number of hydrogen-bond donors (Lipinski definition) is 1. The number of nitrogens with one attached hydrogen (secondary N) is 1. The van der Waals surface area contributed by atoms with Gasteiger partial charge in [-0.3, -0.25) is 9.69 Å². The zero-order valence-electron chi connectivity index (χ0n) is 10.3.